The maximum atomic E-state index is 13.2. The standard InChI is InChI=1S/C18H17FN4O/c19-16-5-1-3-14(11-16)12-17(24)22-7-9-23(10-8-22)18-15(13-20)4-2-6-21-18/h1-6,11H,7-10,12H2. The zero-order chi connectivity index (χ0) is 16.9. The van der Waals surface area contributed by atoms with Crippen LogP contribution in [0, 0.1) is 17.1 Å². The molecule has 1 fully saturated rings. The molecule has 1 saturated heterocycles. The number of hydrogen-bond donors (Lipinski definition) is 0. The van der Waals surface area contributed by atoms with Crippen molar-refractivity contribution in [3.05, 3.63) is 59.5 Å². The van der Waals surface area contributed by atoms with Crippen molar-refractivity contribution in [2.45, 2.75) is 6.42 Å². The molecule has 3 rings (SSSR count). The lowest BCUT2D eigenvalue weighted by Gasteiger charge is -2.35. The third kappa shape index (κ3) is 3.51. The molecule has 1 aromatic heterocycles. The SMILES string of the molecule is N#Cc1cccnc1N1CCN(C(=O)Cc2cccc(F)c2)CC1. The number of anilines is 1. The zero-order valence-electron chi connectivity index (χ0n) is 13.2. The van der Waals surface area contributed by atoms with Gasteiger partial charge < -0.3 is 9.80 Å². The van der Waals surface area contributed by atoms with Crippen LogP contribution in [0.2, 0.25) is 0 Å². The lowest BCUT2D eigenvalue weighted by atomic mass is 10.1. The molecule has 0 unspecified atom stereocenters. The Morgan fingerprint density at radius 2 is 2.00 bits per heavy atom. The maximum absolute atomic E-state index is 13.2. The summed E-state index contributed by atoms with van der Waals surface area (Å²) in [6, 6.07) is 11.7. The molecule has 122 valence electrons. The average Bonchev–Trinajstić information content (AvgIpc) is 2.62. The van der Waals surface area contributed by atoms with Gasteiger partial charge in [-0.1, -0.05) is 12.1 Å². The summed E-state index contributed by atoms with van der Waals surface area (Å²) in [5.74, 6) is 0.323. The van der Waals surface area contributed by atoms with Crippen molar-refractivity contribution in [3.8, 4) is 6.07 Å². The molecular weight excluding hydrogens is 307 g/mol. The van der Waals surface area contributed by atoms with Crippen LogP contribution >= 0.6 is 0 Å². The third-order valence-corrected chi connectivity index (χ3v) is 4.08. The normalized spacial score (nSPS) is 14.3. The van der Waals surface area contributed by atoms with Crippen LogP contribution in [-0.4, -0.2) is 42.0 Å². The summed E-state index contributed by atoms with van der Waals surface area (Å²) in [4.78, 5) is 20.4. The molecule has 1 amide bonds. The smallest absolute Gasteiger partial charge is 0.227 e. The van der Waals surface area contributed by atoms with E-state index in [1.165, 1.54) is 12.1 Å². The highest BCUT2D eigenvalue weighted by molar-refractivity contribution is 5.79. The molecule has 0 radical (unpaired) electrons. The number of piperazine rings is 1. The Morgan fingerprint density at radius 3 is 2.71 bits per heavy atom. The van der Waals surface area contributed by atoms with Crippen LogP contribution in [0.4, 0.5) is 10.2 Å². The zero-order valence-corrected chi connectivity index (χ0v) is 13.2. The van der Waals surface area contributed by atoms with E-state index in [0.717, 1.165) is 0 Å². The van der Waals surface area contributed by atoms with E-state index in [1.807, 2.05) is 4.90 Å². The number of carbonyl (C=O) groups is 1. The lowest BCUT2D eigenvalue weighted by molar-refractivity contribution is -0.130. The number of nitriles is 1. The monoisotopic (exact) mass is 324 g/mol. The van der Waals surface area contributed by atoms with Crippen molar-refractivity contribution in [1.29, 1.82) is 5.26 Å². The van der Waals surface area contributed by atoms with Crippen molar-refractivity contribution in [3.63, 3.8) is 0 Å². The molecule has 1 aliphatic rings. The highest BCUT2D eigenvalue weighted by atomic mass is 19.1. The molecule has 0 N–H and O–H groups in total. The number of pyridine rings is 1. The Labute approximate surface area is 139 Å². The summed E-state index contributed by atoms with van der Waals surface area (Å²) >= 11 is 0. The number of hydrogen-bond acceptors (Lipinski definition) is 4. The first-order valence-electron chi connectivity index (χ1n) is 7.79. The number of amides is 1. The Bertz CT molecular complexity index is 779. The fourth-order valence-corrected chi connectivity index (χ4v) is 2.84. The van der Waals surface area contributed by atoms with Crippen LogP contribution in [0.3, 0.4) is 0 Å². The van der Waals surface area contributed by atoms with Crippen molar-refractivity contribution < 1.29 is 9.18 Å². The summed E-state index contributed by atoms with van der Waals surface area (Å²) in [5.41, 5.74) is 1.22. The molecule has 6 heteroatoms. The van der Waals surface area contributed by atoms with E-state index in [-0.39, 0.29) is 18.1 Å². The van der Waals surface area contributed by atoms with Crippen LogP contribution in [0.5, 0.6) is 0 Å². The van der Waals surface area contributed by atoms with Crippen molar-refractivity contribution in [2.24, 2.45) is 0 Å². The van der Waals surface area contributed by atoms with Gasteiger partial charge in [0.2, 0.25) is 5.91 Å². The first-order valence-corrected chi connectivity index (χ1v) is 7.79. The number of aromatic nitrogens is 1. The molecular formula is C18H17FN4O. The van der Waals surface area contributed by atoms with Gasteiger partial charge >= 0.3 is 0 Å². The fraction of sp³-hybridized carbons (Fsp3) is 0.278. The molecule has 0 spiro atoms. The summed E-state index contributed by atoms with van der Waals surface area (Å²) in [5, 5.41) is 9.16. The Morgan fingerprint density at radius 1 is 1.21 bits per heavy atom. The third-order valence-electron chi connectivity index (χ3n) is 4.08. The van der Waals surface area contributed by atoms with Crippen LogP contribution in [0.15, 0.2) is 42.6 Å². The second-order valence-electron chi connectivity index (χ2n) is 5.66. The van der Waals surface area contributed by atoms with Crippen molar-refractivity contribution >= 4 is 11.7 Å². The first kappa shape index (κ1) is 15.9. The van der Waals surface area contributed by atoms with Gasteiger partial charge in [-0.3, -0.25) is 4.79 Å². The molecule has 0 bridgehead atoms. The van der Waals surface area contributed by atoms with E-state index in [0.29, 0.717) is 43.1 Å². The molecule has 24 heavy (non-hydrogen) atoms. The molecule has 0 aliphatic carbocycles. The van der Waals surface area contributed by atoms with Gasteiger partial charge in [0, 0.05) is 32.4 Å². The summed E-state index contributed by atoms with van der Waals surface area (Å²) in [6.07, 6.45) is 1.86. The molecule has 0 saturated carbocycles. The van der Waals surface area contributed by atoms with E-state index < -0.39 is 0 Å². The summed E-state index contributed by atoms with van der Waals surface area (Å²) < 4.78 is 13.2. The Kier molecular flexibility index (Phi) is 4.71. The predicted octanol–water partition coefficient (Wildman–Crippen LogP) is 1.98. The molecule has 1 aromatic carbocycles. The predicted molar refractivity (Wildman–Crippen MR) is 87.8 cm³/mol. The number of nitrogens with zero attached hydrogens (tertiary/aromatic N) is 4. The topological polar surface area (TPSA) is 60.2 Å². The van der Waals surface area contributed by atoms with Crippen molar-refractivity contribution in [1.82, 2.24) is 9.88 Å². The number of rotatable bonds is 3. The minimum atomic E-state index is -0.329. The molecule has 2 aromatic rings. The van der Waals surface area contributed by atoms with Crippen LogP contribution in [0.25, 0.3) is 0 Å². The fourth-order valence-electron chi connectivity index (χ4n) is 2.84. The summed E-state index contributed by atoms with van der Waals surface area (Å²) in [7, 11) is 0. The van der Waals surface area contributed by atoms with Gasteiger partial charge in [-0.25, -0.2) is 9.37 Å². The van der Waals surface area contributed by atoms with Gasteiger partial charge in [0.1, 0.15) is 17.7 Å². The lowest BCUT2D eigenvalue weighted by Crippen LogP contribution is -2.49. The molecule has 0 atom stereocenters. The van der Waals surface area contributed by atoms with Gasteiger partial charge in [0.15, 0.2) is 0 Å². The number of benzene rings is 1. The maximum Gasteiger partial charge on any atom is 0.227 e. The van der Waals surface area contributed by atoms with Gasteiger partial charge in [0.05, 0.1) is 12.0 Å². The Hall–Kier alpha value is -2.94. The molecule has 1 aliphatic heterocycles. The highest BCUT2D eigenvalue weighted by Crippen LogP contribution is 2.18. The highest BCUT2D eigenvalue weighted by Gasteiger charge is 2.23. The van der Waals surface area contributed by atoms with E-state index in [2.05, 4.69) is 11.1 Å². The minimum Gasteiger partial charge on any atom is -0.352 e. The second kappa shape index (κ2) is 7.09. The average molecular weight is 324 g/mol. The first-order chi connectivity index (χ1) is 11.7. The van der Waals surface area contributed by atoms with E-state index in [4.69, 9.17) is 5.26 Å². The quantitative estimate of drug-likeness (QED) is 0.866. The number of carbonyl (C=O) groups excluding carboxylic acids is 1. The van der Waals surface area contributed by atoms with Gasteiger partial charge in [0.25, 0.3) is 0 Å². The van der Waals surface area contributed by atoms with E-state index >= 15 is 0 Å². The number of halogens is 1. The minimum absolute atomic E-state index is 0.0122. The van der Waals surface area contributed by atoms with E-state index in [9.17, 15) is 9.18 Å². The Balaban J connectivity index is 1.61. The summed E-state index contributed by atoms with van der Waals surface area (Å²) in [6.45, 7) is 2.38. The van der Waals surface area contributed by atoms with Gasteiger partial charge in [-0.05, 0) is 29.8 Å². The van der Waals surface area contributed by atoms with E-state index in [1.54, 1.807) is 35.4 Å². The van der Waals surface area contributed by atoms with Crippen LogP contribution in [-0.2, 0) is 11.2 Å². The molecule has 2 heterocycles. The molecule has 5 nitrogen and oxygen atoms in total. The van der Waals surface area contributed by atoms with Crippen molar-refractivity contribution in [2.75, 3.05) is 31.1 Å². The second-order valence-corrected chi connectivity index (χ2v) is 5.66. The van der Waals surface area contributed by atoms with Gasteiger partial charge in [-0.15, -0.1) is 0 Å². The van der Waals surface area contributed by atoms with Crippen LogP contribution in [0.1, 0.15) is 11.1 Å². The van der Waals surface area contributed by atoms with Gasteiger partial charge in [-0.2, -0.15) is 5.26 Å². The largest absolute Gasteiger partial charge is 0.352 e. The van der Waals surface area contributed by atoms with Crippen LogP contribution < -0.4 is 4.90 Å².